The van der Waals surface area contributed by atoms with Gasteiger partial charge in [-0.2, -0.15) is 0 Å². The molecule has 1 amide bonds. The summed E-state index contributed by atoms with van der Waals surface area (Å²) < 4.78 is 39.9. The molecule has 0 aliphatic carbocycles. The summed E-state index contributed by atoms with van der Waals surface area (Å²) in [7, 11) is -3.23. The second-order valence-corrected chi connectivity index (χ2v) is 10.3. The molecule has 1 fully saturated rings. The summed E-state index contributed by atoms with van der Waals surface area (Å²) in [4.78, 5) is 26.5. The summed E-state index contributed by atoms with van der Waals surface area (Å²) >= 11 is 0. The molecule has 9 heteroatoms. The van der Waals surface area contributed by atoms with Gasteiger partial charge in [0.2, 0.25) is 10.0 Å². The van der Waals surface area contributed by atoms with Crippen molar-refractivity contribution < 1.29 is 22.4 Å². The van der Waals surface area contributed by atoms with E-state index in [-0.39, 0.29) is 22.8 Å². The Morgan fingerprint density at radius 1 is 1.19 bits per heavy atom. The van der Waals surface area contributed by atoms with Crippen molar-refractivity contribution in [3.8, 4) is 11.1 Å². The Kier molecular flexibility index (Phi) is 5.87. The van der Waals surface area contributed by atoms with Crippen LogP contribution in [0.5, 0.6) is 0 Å². The molecule has 0 bridgehead atoms. The molecule has 1 aromatic heterocycles. The summed E-state index contributed by atoms with van der Waals surface area (Å²) in [5, 5.41) is 0.782. The number of carbonyl (C=O) groups is 2. The van der Waals surface area contributed by atoms with E-state index in [2.05, 4.69) is 4.98 Å². The quantitative estimate of drug-likeness (QED) is 0.552. The van der Waals surface area contributed by atoms with Crippen molar-refractivity contribution in [2.45, 2.75) is 25.7 Å². The molecule has 7 nitrogen and oxygen atoms in total. The highest BCUT2D eigenvalue weighted by atomic mass is 32.2. The van der Waals surface area contributed by atoms with E-state index in [4.69, 9.17) is 5.73 Å². The van der Waals surface area contributed by atoms with Crippen LogP contribution in [0.25, 0.3) is 22.0 Å². The molecular weight excluding hydrogens is 433 g/mol. The van der Waals surface area contributed by atoms with Crippen molar-refractivity contribution >= 4 is 33.1 Å². The number of rotatable bonds is 6. The van der Waals surface area contributed by atoms with Gasteiger partial charge in [-0.15, -0.1) is 0 Å². The molecule has 1 saturated heterocycles. The number of H-pyrrole nitrogens is 1. The average molecular weight is 458 g/mol. The van der Waals surface area contributed by atoms with E-state index in [9.17, 15) is 22.4 Å². The van der Waals surface area contributed by atoms with Crippen LogP contribution in [0.1, 0.15) is 52.0 Å². The number of aldehydes is 1. The molecule has 168 valence electrons. The number of nitrogens with zero attached hydrogens (tertiary/aromatic N) is 1. The van der Waals surface area contributed by atoms with E-state index in [1.807, 2.05) is 12.3 Å². The molecule has 3 N–H and O–H groups in total. The number of aromatic amines is 1. The summed E-state index contributed by atoms with van der Waals surface area (Å²) in [5.41, 5.74) is 8.67. The predicted molar refractivity (Wildman–Crippen MR) is 121 cm³/mol. The van der Waals surface area contributed by atoms with Crippen LogP contribution in [-0.4, -0.2) is 48.7 Å². The van der Waals surface area contributed by atoms with Gasteiger partial charge in [-0.1, -0.05) is 0 Å². The maximum Gasteiger partial charge on any atom is 0.250 e. The number of piperidine rings is 1. The third-order valence-electron chi connectivity index (χ3n) is 6.13. The van der Waals surface area contributed by atoms with E-state index in [0.29, 0.717) is 48.9 Å². The minimum absolute atomic E-state index is 0.0759. The van der Waals surface area contributed by atoms with Gasteiger partial charge in [0, 0.05) is 30.2 Å². The summed E-state index contributed by atoms with van der Waals surface area (Å²) in [5.74, 6) is -1.00. The normalized spacial score (nSPS) is 15.8. The number of nitrogens with one attached hydrogen (secondary N) is 1. The van der Waals surface area contributed by atoms with Crippen molar-refractivity contribution in [1.29, 1.82) is 0 Å². The minimum atomic E-state index is -3.23. The average Bonchev–Trinajstić information content (AvgIpc) is 3.21. The third kappa shape index (κ3) is 4.05. The fraction of sp³-hybridized carbons (Fsp3) is 0.304. The molecule has 2 heterocycles. The highest BCUT2D eigenvalue weighted by Gasteiger charge is 2.29. The number of benzene rings is 2. The van der Waals surface area contributed by atoms with Crippen LogP contribution in [0, 0.1) is 5.82 Å². The number of primary amides is 1. The zero-order valence-electron chi connectivity index (χ0n) is 17.6. The first kappa shape index (κ1) is 22.2. The zero-order valence-corrected chi connectivity index (χ0v) is 18.4. The van der Waals surface area contributed by atoms with Crippen LogP contribution < -0.4 is 5.73 Å². The number of sulfonamides is 1. The lowest BCUT2D eigenvalue weighted by Crippen LogP contribution is -2.38. The van der Waals surface area contributed by atoms with Gasteiger partial charge in [0.15, 0.2) is 0 Å². The molecule has 1 aliphatic rings. The van der Waals surface area contributed by atoms with Gasteiger partial charge in [-0.05, 0) is 72.7 Å². The first-order valence-corrected chi connectivity index (χ1v) is 12.0. The van der Waals surface area contributed by atoms with Gasteiger partial charge in [0.1, 0.15) is 12.1 Å². The first-order chi connectivity index (χ1) is 15.2. The fourth-order valence-electron chi connectivity index (χ4n) is 4.43. The Hall–Kier alpha value is -3.04. The molecule has 0 spiro atoms. The standard InChI is InChI=1S/C23H24FN3O4S/c1-2-32(30,31)27-5-3-15(4-6-27)21-12-26-22-19(21)10-17(11-20(22)23(25)29)16-7-14(13-28)8-18(24)9-16/h7-13,15,26H,2-6H2,1H3,(H2,25,29). The lowest BCUT2D eigenvalue weighted by molar-refractivity contribution is 0.100. The van der Waals surface area contributed by atoms with Crippen molar-refractivity contribution in [2.75, 3.05) is 18.8 Å². The number of hydrogen-bond acceptors (Lipinski definition) is 4. The van der Waals surface area contributed by atoms with E-state index >= 15 is 0 Å². The number of aromatic nitrogens is 1. The number of hydrogen-bond donors (Lipinski definition) is 2. The molecule has 0 saturated carbocycles. The van der Waals surface area contributed by atoms with E-state index < -0.39 is 21.7 Å². The van der Waals surface area contributed by atoms with E-state index in [1.165, 1.54) is 10.4 Å². The second-order valence-electron chi connectivity index (χ2n) is 8.02. The van der Waals surface area contributed by atoms with Crippen LogP contribution in [0.15, 0.2) is 36.5 Å². The summed E-state index contributed by atoms with van der Waals surface area (Å²) in [6.07, 6.45) is 3.70. The van der Waals surface area contributed by atoms with Gasteiger partial charge < -0.3 is 10.7 Å². The molecule has 2 aromatic carbocycles. The van der Waals surface area contributed by atoms with Crippen molar-refractivity contribution in [2.24, 2.45) is 5.73 Å². The molecule has 32 heavy (non-hydrogen) atoms. The maximum atomic E-state index is 14.0. The Morgan fingerprint density at radius 2 is 1.88 bits per heavy atom. The smallest absolute Gasteiger partial charge is 0.250 e. The highest BCUT2D eigenvalue weighted by Crippen LogP contribution is 2.37. The molecule has 0 atom stereocenters. The first-order valence-electron chi connectivity index (χ1n) is 10.4. The van der Waals surface area contributed by atoms with E-state index in [0.717, 1.165) is 17.0 Å². The number of fused-ring (bicyclic) bond motifs is 1. The lowest BCUT2D eigenvalue weighted by atomic mass is 9.88. The van der Waals surface area contributed by atoms with Gasteiger partial charge in [0.05, 0.1) is 16.8 Å². The maximum absolute atomic E-state index is 14.0. The fourth-order valence-corrected chi connectivity index (χ4v) is 5.56. The van der Waals surface area contributed by atoms with Crippen LogP contribution in [0.4, 0.5) is 4.39 Å². The molecule has 4 rings (SSSR count). The van der Waals surface area contributed by atoms with Gasteiger partial charge in [0.25, 0.3) is 5.91 Å². The predicted octanol–water partition coefficient (Wildman–Crippen LogP) is 3.41. The Bertz CT molecular complexity index is 1310. The molecule has 0 radical (unpaired) electrons. The molecule has 0 unspecified atom stereocenters. The Morgan fingerprint density at radius 3 is 2.50 bits per heavy atom. The number of amides is 1. The number of carbonyl (C=O) groups excluding carboxylic acids is 2. The van der Waals surface area contributed by atoms with Crippen molar-refractivity contribution in [3.63, 3.8) is 0 Å². The number of halogens is 1. The van der Waals surface area contributed by atoms with E-state index in [1.54, 1.807) is 19.1 Å². The van der Waals surface area contributed by atoms with Crippen LogP contribution in [0.3, 0.4) is 0 Å². The van der Waals surface area contributed by atoms with Crippen LogP contribution in [0.2, 0.25) is 0 Å². The summed E-state index contributed by atoms with van der Waals surface area (Å²) in [6, 6.07) is 7.45. The molecule has 1 aliphatic heterocycles. The Labute approximate surface area is 185 Å². The topological polar surface area (TPSA) is 113 Å². The zero-order chi connectivity index (χ0) is 23.0. The van der Waals surface area contributed by atoms with Gasteiger partial charge >= 0.3 is 0 Å². The highest BCUT2D eigenvalue weighted by molar-refractivity contribution is 7.89. The molecule has 3 aromatic rings. The van der Waals surface area contributed by atoms with Gasteiger partial charge in [-0.3, -0.25) is 9.59 Å². The summed E-state index contributed by atoms with van der Waals surface area (Å²) in [6.45, 7) is 2.50. The van der Waals surface area contributed by atoms with Gasteiger partial charge in [-0.25, -0.2) is 17.1 Å². The van der Waals surface area contributed by atoms with Crippen LogP contribution in [-0.2, 0) is 10.0 Å². The van der Waals surface area contributed by atoms with Crippen molar-refractivity contribution in [3.05, 3.63) is 59.0 Å². The SMILES string of the molecule is CCS(=O)(=O)N1CCC(c2c[nH]c3c(C(N)=O)cc(-c4cc(F)cc(C=O)c4)cc23)CC1. The Balaban J connectivity index is 1.77. The monoisotopic (exact) mass is 457 g/mol. The number of nitrogens with two attached hydrogens (primary N) is 1. The largest absolute Gasteiger partial charge is 0.366 e. The lowest BCUT2D eigenvalue weighted by Gasteiger charge is -2.31. The van der Waals surface area contributed by atoms with Crippen LogP contribution >= 0.6 is 0 Å². The third-order valence-corrected chi connectivity index (χ3v) is 8.01. The van der Waals surface area contributed by atoms with Crippen molar-refractivity contribution in [1.82, 2.24) is 9.29 Å². The second kappa shape index (κ2) is 8.48. The minimum Gasteiger partial charge on any atom is -0.366 e. The molecular formula is C23H24FN3O4S.